The Balaban J connectivity index is 2.96. The van der Waals surface area contributed by atoms with Gasteiger partial charge in [0.1, 0.15) is 11.2 Å². The molecule has 0 aromatic heterocycles. The van der Waals surface area contributed by atoms with Gasteiger partial charge in [0, 0.05) is 11.1 Å². The molecule has 0 atom stereocenters. The Bertz CT molecular complexity index is 1000. The molecule has 0 heterocycles. The molecule has 2 aromatic carbocycles. The molecule has 174 valence electrons. The van der Waals surface area contributed by atoms with Gasteiger partial charge in [-0.1, -0.05) is 0 Å². The molecule has 0 bridgehead atoms. The predicted octanol–water partition coefficient (Wildman–Crippen LogP) is 3.50. The second-order valence-electron chi connectivity index (χ2n) is 9.03. The smallest absolute Gasteiger partial charge is 0.339 e. The zero-order valence-electron chi connectivity index (χ0n) is 18.5. The van der Waals surface area contributed by atoms with Crippen LogP contribution in [-0.4, -0.2) is 53.8 Å². The van der Waals surface area contributed by atoms with E-state index in [2.05, 4.69) is 0 Å². The van der Waals surface area contributed by atoms with Gasteiger partial charge in [0.2, 0.25) is 11.5 Å². The zero-order valence-corrected chi connectivity index (χ0v) is 18.5. The van der Waals surface area contributed by atoms with Gasteiger partial charge in [-0.15, -0.1) is 0 Å². The van der Waals surface area contributed by atoms with Crippen LogP contribution in [0.4, 0.5) is 0 Å². The average molecular weight is 450 g/mol. The minimum Gasteiger partial charge on any atom is -0.504 e. The van der Waals surface area contributed by atoms with E-state index in [1.165, 1.54) is 0 Å². The van der Waals surface area contributed by atoms with Gasteiger partial charge in [0.25, 0.3) is 0 Å². The SMILES string of the molecule is CC(C)(C)OC(=O)c1cc(O)c(O)c(O)c1-c1c(C(=O)OC(C)(C)C)cc(O)c(O)c1O. The van der Waals surface area contributed by atoms with Crippen molar-refractivity contribution in [2.24, 2.45) is 0 Å². The highest BCUT2D eigenvalue weighted by atomic mass is 16.6. The Morgan fingerprint density at radius 3 is 1.12 bits per heavy atom. The molecule has 0 aliphatic rings. The summed E-state index contributed by atoms with van der Waals surface area (Å²) in [5.41, 5.74) is -4.38. The molecule has 0 amide bonds. The molecule has 0 saturated carbocycles. The van der Waals surface area contributed by atoms with Crippen molar-refractivity contribution in [1.29, 1.82) is 0 Å². The van der Waals surface area contributed by atoms with E-state index in [4.69, 9.17) is 9.47 Å². The number of rotatable bonds is 3. The highest BCUT2D eigenvalue weighted by Crippen LogP contribution is 2.52. The van der Waals surface area contributed by atoms with Crippen LogP contribution in [0.1, 0.15) is 62.3 Å². The minimum absolute atomic E-state index is 0.544. The lowest BCUT2D eigenvalue weighted by Gasteiger charge is -2.24. The van der Waals surface area contributed by atoms with Gasteiger partial charge in [0.15, 0.2) is 23.0 Å². The van der Waals surface area contributed by atoms with E-state index in [-0.39, 0.29) is 0 Å². The van der Waals surface area contributed by atoms with E-state index in [0.29, 0.717) is 0 Å². The van der Waals surface area contributed by atoms with E-state index in [9.17, 15) is 40.2 Å². The van der Waals surface area contributed by atoms with Gasteiger partial charge in [-0.3, -0.25) is 0 Å². The van der Waals surface area contributed by atoms with Gasteiger partial charge in [-0.2, -0.15) is 0 Å². The van der Waals surface area contributed by atoms with Crippen LogP contribution in [0.15, 0.2) is 12.1 Å². The van der Waals surface area contributed by atoms with E-state index >= 15 is 0 Å². The van der Waals surface area contributed by atoms with Gasteiger partial charge < -0.3 is 40.1 Å². The Morgan fingerprint density at radius 1 is 0.594 bits per heavy atom. The summed E-state index contributed by atoms with van der Waals surface area (Å²) in [6, 6.07) is 1.53. The number of carbonyl (C=O) groups is 2. The van der Waals surface area contributed by atoms with Crippen molar-refractivity contribution in [2.45, 2.75) is 52.7 Å². The minimum atomic E-state index is -1.09. The van der Waals surface area contributed by atoms with Crippen molar-refractivity contribution in [3.8, 4) is 45.6 Å². The first-order valence-corrected chi connectivity index (χ1v) is 9.47. The fraction of sp³-hybridized carbons (Fsp3) is 0.364. The van der Waals surface area contributed by atoms with Crippen molar-refractivity contribution in [3.05, 3.63) is 23.3 Å². The van der Waals surface area contributed by atoms with Gasteiger partial charge >= 0.3 is 11.9 Å². The van der Waals surface area contributed by atoms with Crippen LogP contribution in [0.3, 0.4) is 0 Å². The third-order valence-electron chi connectivity index (χ3n) is 4.00. The molecule has 10 heteroatoms. The van der Waals surface area contributed by atoms with Crippen LogP contribution in [0.25, 0.3) is 11.1 Å². The number of ether oxygens (including phenoxy) is 2. The van der Waals surface area contributed by atoms with Crippen LogP contribution >= 0.6 is 0 Å². The highest BCUT2D eigenvalue weighted by Gasteiger charge is 2.33. The molecule has 32 heavy (non-hydrogen) atoms. The van der Waals surface area contributed by atoms with Crippen LogP contribution in [0.2, 0.25) is 0 Å². The first-order chi connectivity index (χ1) is 14.4. The molecule has 0 unspecified atom stereocenters. The van der Waals surface area contributed by atoms with Crippen LogP contribution in [0, 0.1) is 0 Å². The summed E-state index contributed by atoms with van der Waals surface area (Å²) in [4.78, 5) is 25.6. The molecule has 2 aromatic rings. The zero-order chi connectivity index (χ0) is 24.8. The summed E-state index contributed by atoms with van der Waals surface area (Å²) in [6.07, 6.45) is 0. The molecule has 10 nitrogen and oxygen atoms in total. The van der Waals surface area contributed by atoms with Crippen molar-refractivity contribution >= 4 is 11.9 Å². The van der Waals surface area contributed by atoms with Crippen molar-refractivity contribution in [2.75, 3.05) is 0 Å². The van der Waals surface area contributed by atoms with Crippen LogP contribution < -0.4 is 0 Å². The average Bonchev–Trinajstić information content (AvgIpc) is 2.61. The fourth-order valence-electron chi connectivity index (χ4n) is 2.78. The fourth-order valence-corrected chi connectivity index (χ4v) is 2.78. The number of hydrogen-bond acceptors (Lipinski definition) is 10. The van der Waals surface area contributed by atoms with Gasteiger partial charge in [-0.25, -0.2) is 9.59 Å². The Hall–Kier alpha value is -3.82. The Labute approximate surface area is 183 Å². The Kier molecular flexibility index (Phi) is 6.13. The number of hydrogen-bond donors (Lipinski definition) is 6. The molecule has 0 radical (unpaired) electrons. The maximum atomic E-state index is 12.8. The van der Waals surface area contributed by atoms with E-state index in [0.717, 1.165) is 12.1 Å². The number of carbonyl (C=O) groups excluding carboxylic acids is 2. The third kappa shape index (κ3) is 4.90. The molecular formula is C22H26O10. The summed E-state index contributed by atoms with van der Waals surface area (Å²) < 4.78 is 10.5. The first-order valence-electron chi connectivity index (χ1n) is 9.47. The number of benzene rings is 2. The third-order valence-corrected chi connectivity index (χ3v) is 4.00. The van der Waals surface area contributed by atoms with Crippen LogP contribution in [-0.2, 0) is 9.47 Å². The second kappa shape index (κ2) is 8.03. The molecule has 6 N–H and O–H groups in total. The molecule has 2 rings (SSSR count). The standard InChI is InChI=1S/C22H26O10/c1-21(2,3)31-19(29)9-7-11(23)15(25)17(27)13(9)14-10(20(30)32-22(4,5)6)8-12(24)16(26)18(14)28/h7-8,23-28H,1-6H3. The number of phenols is 6. The first kappa shape index (κ1) is 24.4. The summed E-state index contributed by atoms with van der Waals surface area (Å²) in [7, 11) is 0. The van der Waals surface area contributed by atoms with E-state index in [1.54, 1.807) is 41.5 Å². The lowest BCUT2D eigenvalue weighted by Crippen LogP contribution is -2.25. The second-order valence-corrected chi connectivity index (χ2v) is 9.03. The number of aromatic hydroxyl groups is 6. The number of phenolic OH excluding ortho intramolecular Hbond substituents is 6. The van der Waals surface area contributed by atoms with Crippen molar-refractivity contribution in [1.82, 2.24) is 0 Å². The normalized spacial score (nSPS) is 11.8. The molecule has 0 aliphatic heterocycles. The largest absolute Gasteiger partial charge is 0.504 e. The predicted molar refractivity (Wildman–Crippen MR) is 112 cm³/mol. The topological polar surface area (TPSA) is 174 Å². The summed E-state index contributed by atoms with van der Waals surface area (Å²) in [5, 5.41) is 61.1. The molecule has 0 fully saturated rings. The molecule has 0 spiro atoms. The number of esters is 2. The lowest BCUT2D eigenvalue weighted by molar-refractivity contribution is 0.00544. The van der Waals surface area contributed by atoms with Crippen molar-refractivity contribution in [3.63, 3.8) is 0 Å². The van der Waals surface area contributed by atoms with Gasteiger partial charge in [-0.05, 0) is 53.7 Å². The Morgan fingerprint density at radius 2 is 0.875 bits per heavy atom. The van der Waals surface area contributed by atoms with E-state index < -0.39 is 79.9 Å². The monoisotopic (exact) mass is 450 g/mol. The summed E-state index contributed by atoms with van der Waals surface area (Å²) in [5.74, 6) is -8.22. The quantitative estimate of drug-likeness (QED) is 0.300. The maximum absolute atomic E-state index is 12.8. The molecule has 0 aliphatic carbocycles. The summed E-state index contributed by atoms with van der Waals surface area (Å²) >= 11 is 0. The van der Waals surface area contributed by atoms with Crippen LogP contribution in [0.5, 0.6) is 34.5 Å². The maximum Gasteiger partial charge on any atom is 0.339 e. The highest BCUT2D eigenvalue weighted by molar-refractivity contribution is 6.08. The summed E-state index contributed by atoms with van der Waals surface area (Å²) in [6.45, 7) is 9.34. The van der Waals surface area contributed by atoms with Crippen molar-refractivity contribution < 1.29 is 49.7 Å². The molecular weight excluding hydrogens is 424 g/mol. The molecule has 0 saturated heterocycles. The van der Waals surface area contributed by atoms with E-state index in [1.807, 2.05) is 0 Å². The van der Waals surface area contributed by atoms with Gasteiger partial charge in [0.05, 0.1) is 11.1 Å². The lowest BCUT2D eigenvalue weighted by atomic mass is 9.91.